The molecule has 2 unspecified atom stereocenters. The van der Waals surface area contributed by atoms with E-state index in [1.54, 1.807) is 0 Å². The zero-order valence-electron chi connectivity index (χ0n) is 11.5. The number of nitrogen functional groups attached to an aromatic ring is 1. The van der Waals surface area contributed by atoms with Gasteiger partial charge in [0.15, 0.2) is 0 Å². The highest BCUT2D eigenvalue weighted by Gasteiger charge is 2.25. The van der Waals surface area contributed by atoms with Crippen LogP contribution in [-0.2, 0) is 4.74 Å². The van der Waals surface area contributed by atoms with E-state index in [4.69, 9.17) is 10.5 Å². The molecule has 1 heterocycles. The zero-order chi connectivity index (χ0) is 15.6. The van der Waals surface area contributed by atoms with Crippen LogP contribution in [0.2, 0.25) is 0 Å². The summed E-state index contributed by atoms with van der Waals surface area (Å²) in [6.07, 6.45) is 1.28. The molecule has 1 saturated heterocycles. The predicted octanol–water partition coefficient (Wildman–Crippen LogP) is 1.61. The third-order valence-electron chi connectivity index (χ3n) is 3.38. The maximum atomic E-state index is 13.4. The Hall–Kier alpha value is -2.22. The van der Waals surface area contributed by atoms with E-state index >= 15 is 0 Å². The van der Waals surface area contributed by atoms with Crippen molar-refractivity contribution in [2.75, 3.05) is 12.3 Å². The van der Waals surface area contributed by atoms with Crippen molar-refractivity contribution in [3.05, 3.63) is 33.6 Å². The fourth-order valence-electron chi connectivity index (χ4n) is 2.33. The third-order valence-corrected chi connectivity index (χ3v) is 3.38. The van der Waals surface area contributed by atoms with E-state index in [0.29, 0.717) is 25.5 Å². The highest BCUT2D eigenvalue weighted by Crippen LogP contribution is 2.27. The van der Waals surface area contributed by atoms with Crippen molar-refractivity contribution in [2.45, 2.75) is 31.9 Å². The number of halogens is 1. The summed E-state index contributed by atoms with van der Waals surface area (Å²) >= 11 is 0. The number of hydrogen-bond acceptors (Lipinski definition) is 5. The van der Waals surface area contributed by atoms with Gasteiger partial charge < -0.3 is 15.8 Å². The number of carbonyl (C=O) groups excluding carboxylic acids is 1. The normalized spacial score (nSPS) is 21.8. The molecule has 1 aromatic carbocycles. The number of nitro benzene ring substituents is 1. The maximum absolute atomic E-state index is 13.4. The maximum Gasteiger partial charge on any atom is 0.295 e. The molecule has 8 heteroatoms. The molecule has 0 radical (unpaired) electrons. The number of carbonyl (C=O) groups is 1. The molecule has 1 fully saturated rings. The molecule has 0 aromatic heterocycles. The van der Waals surface area contributed by atoms with Crippen molar-refractivity contribution < 1.29 is 18.8 Å². The van der Waals surface area contributed by atoms with E-state index in [-0.39, 0.29) is 23.4 Å². The van der Waals surface area contributed by atoms with Gasteiger partial charge in [0, 0.05) is 12.6 Å². The second-order valence-electron chi connectivity index (χ2n) is 5.02. The molecule has 3 N–H and O–H groups in total. The Kier molecular flexibility index (Phi) is 4.37. The highest BCUT2D eigenvalue weighted by molar-refractivity contribution is 6.01. The van der Waals surface area contributed by atoms with E-state index in [2.05, 4.69) is 5.32 Å². The lowest BCUT2D eigenvalue weighted by Crippen LogP contribution is -2.41. The van der Waals surface area contributed by atoms with E-state index in [1.165, 1.54) is 0 Å². The number of ether oxygens (including phenoxy) is 1. The molecule has 0 spiro atoms. The van der Waals surface area contributed by atoms with Gasteiger partial charge in [0.05, 0.1) is 22.7 Å². The SMILES string of the molecule is CC1CC(NC(=O)c2cc(F)cc([N+](=O)[O-])c2N)CCO1. The molecule has 7 nitrogen and oxygen atoms in total. The number of nitro groups is 1. The van der Waals surface area contributed by atoms with Gasteiger partial charge in [-0.2, -0.15) is 0 Å². The average molecular weight is 297 g/mol. The number of rotatable bonds is 3. The van der Waals surface area contributed by atoms with Gasteiger partial charge >= 0.3 is 0 Å². The van der Waals surface area contributed by atoms with Gasteiger partial charge in [0.25, 0.3) is 11.6 Å². The van der Waals surface area contributed by atoms with Crippen molar-refractivity contribution in [2.24, 2.45) is 0 Å². The first-order valence-electron chi connectivity index (χ1n) is 6.54. The fraction of sp³-hybridized carbons (Fsp3) is 0.462. The molecular weight excluding hydrogens is 281 g/mol. The van der Waals surface area contributed by atoms with Gasteiger partial charge in [-0.1, -0.05) is 0 Å². The number of nitrogens with zero attached hydrogens (tertiary/aromatic N) is 1. The van der Waals surface area contributed by atoms with Gasteiger partial charge in [-0.05, 0) is 25.8 Å². The van der Waals surface area contributed by atoms with Crippen LogP contribution in [0, 0.1) is 15.9 Å². The Morgan fingerprint density at radius 2 is 2.29 bits per heavy atom. The smallest absolute Gasteiger partial charge is 0.295 e. The van der Waals surface area contributed by atoms with Gasteiger partial charge in [0.1, 0.15) is 11.5 Å². The summed E-state index contributed by atoms with van der Waals surface area (Å²) in [6.45, 7) is 2.41. The first-order chi connectivity index (χ1) is 9.88. The molecule has 21 heavy (non-hydrogen) atoms. The topological polar surface area (TPSA) is 107 Å². The minimum Gasteiger partial charge on any atom is -0.393 e. The van der Waals surface area contributed by atoms with E-state index in [1.807, 2.05) is 6.92 Å². The Bertz CT molecular complexity index is 579. The number of nitrogens with one attached hydrogen (secondary N) is 1. The van der Waals surface area contributed by atoms with Crippen LogP contribution in [-0.4, -0.2) is 29.6 Å². The lowest BCUT2D eigenvalue weighted by Gasteiger charge is -2.28. The zero-order valence-corrected chi connectivity index (χ0v) is 11.5. The lowest BCUT2D eigenvalue weighted by molar-refractivity contribution is -0.384. The van der Waals surface area contributed by atoms with E-state index in [0.717, 1.165) is 6.07 Å². The largest absolute Gasteiger partial charge is 0.393 e. The number of nitrogens with two attached hydrogens (primary N) is 1. The number of amides is 1. The van der Waals surface area contributed by atoms with Crippen molar-refractivity contribution in [3.63, 3.8) is 0 Å². The second kappa shape index (κ2) is 6.04. The minimum absolute atomic E-state index is 0.0169. The minimum atomic E-state index is -0.874. The molecule has 1 aromatic rings. The van der Waals surface area contributed by atoms with Crippen LogP contribution >= 0.6 is 0 Å². The van der Waals surface area contributed by atoms with Gasteiger partial charge in [-0.3, -0.25) is 14.9 Å². The molecule has 1 aliphatic heterocycles. The summed E-state index contributed by atoms with van der Waals surface area (Å²) in [5.41, 5.74) is 4.43. The summed E-state index contributed by atoms with van der Waals surface area (Å²) in [4.78, 5) is 22.1. The first-order valence-corrected chi connectivity index (χ1v) is 6.54. The van der Waals surface area contributed by atoms with E-state index in [9.17, 15) is 19.3 Å². The molecule has 2 rings (SSSR count). The van der Waals surface area contributed by atoms with Crippen LogP contribution < -0.4 is 11.1 Å². The van der Waals surface area contributed by atoms with Crippen LogP contribution in [0.1, 0.15) is 30.1 Å². The summed E-state index contributed by atoms with van der Waals surface area (Å²) in [7, 11) is 0. The average Bonchev–Trinajstić information content (AvgIpc) is 2.40. The van der Waals surface area contributed by atoms with Crippen molar-refractivity contribution in [1.29, 1.82) is 0 Å². The third kappa shape index (κ3) is 3.46. The molecule has 0 saturated carbocycles. The Morgan fingerprint density at radius 1 is 1.57 bits per heavy atom. The lowest BCUT2D eigenvalue weighted by atomic mass is 10.0. The number of hydrogen-bond donors (Lipinski definition) is 2. The summed E-state index contributed by atoms with van der Waals surface area (Å²) in [5.74, 6) is -1.49. The standard InChI is InChI=1S/C13H16FN3O4/c1-7-4-9(2-3-21-7)16-13(18)10-5-8(14)6-11(12(10)15)17(19)20/h5-7,9H,2-4,15H2,1H3,(H,16,18). The predicted molar refractivity (Wildman–Crippen MR) is 73.4 cm³/mol. The van der Waals surface area contributed by atoms with Gasteiger partial charge in [0.2, 0.25) is 0 Å². The first kappa shape index (κ1) is 15.2. The van der Waals surface area contributed by atoms with Crippen molar-refractivity contribution >= 4 is 17.3 Å². The Balaban J connectivity index is 2.21. The summed E-state index contributed by atoms with van der Waals surface area (Å²) in [6, 6.07) is 1.48. The Morgan fingerprint density at radius 3 is 2.90 bits per heavy atom. The van der Waals surface area contributed by atoms with Gasteiger partial charge in [-0.25, -0.2) is 4.39 Å². The summed E-state index contributed by atoms with van der Waals surface area (Å²) < 4.78 is 18.8. The van der Waals surface area contributed by atoms with E-state index < -0.39 is 22.3 Å². The molecule has 0 bridgehead atoms. The monoisotopic (exact) mass is 297 g/mol. The quantitative estimate of drug-likeness (QED) is 0.500. The Labute approximate surface area is 120 Å². The second-order valence-corrected chi connectivity index (χ2v) is 5.02. The van der Waals surface area contributed by atoms with Crippen molar-refractivity contribution in [1.82, 2.24) is 5.32 Å². The van der Waals surface area contributed by atoms with Crippen LogP contribution in [0.3, 0.4) is 0 Å². The molecule has 114 valence electrons. The highest BCUT2D eigenvalue weighted by atomic mass is 19.1. The van der Waals surface area contributed by atoms with Crippen molar-refractivity contribution in [3.8, 4) is 0 Å². The van der Waals surface area contributed by atoms with Crippen LogP contribution in [0.5, 0.6) is 0 Å². The fourth-order valence-corrected chi connectivity index (χ4v) is 2.33. The van der Waals surface area contributed by atoms with Crippen LogP contribution in [0.15, 0.2) is 12.1 Å². The van der Waals surface area contributed by atoms with Crippen LogP contribution in [0.4, 0.5) is 15.8 Å². The molecule has 0 aliphatic carbocycles. The molecule has 2 atom stereocenters. The molecule has 1 amide bonds. The number of anilines is 1. The summed E-state index contributed by atoms with van der Waals surface area (Å²) in [5, 5.41) is 13.5. The number of benzene rings is 1. The van der Waals surface area contributed by atoms with Crippen LogP contribution in [0.25, 0.3) is 0 Å². The molecular formula is C13H16FN3O4. The van der Waals surface area contributed by atoms with Gasteiger partial charge in [-0.15, -0.1) is 0 Å². The molecule has 1 aliphatic rings.